The maximum atomic E-state index is 13.6. The van der Waals surface area contributed by atoms with Crippen LogP contribution in [0.3, 0.4) is 0 Å². The molecule has 0 bridgehead atoms. The molecular weight excluding hydrogens is 287 g/mol. The second-order valence-corrected chi connectivity index (χ2v) is 6.04. The van der Waals surface area contributed by atoms with Crippen molar-refractivity contribution in [1.29, 1.82) is 0 Å². The average molecular weight is 301 g/mol. The second kappa shape index (κ2) is 4.10. The van der Waals surface area contributed by atoms with E-state index in [-0.39, 0.29) is 11.2 Å². The lowest BCUT2D eigenvalue weighted by molar-refractivity contribution is 0.0448. The molecule has 1 aromatic heterocycles. The Balaban J connectivity index is 2.59. The van der Waals surface area contributed by atoms with Crippen LogP contribution in [0.5, 0.6) is 0 Å². The summed E-state index contributed by atoms with van der Waals surface area (Å²) >= 11 is 3.30. The van der Waals surface area contributed by atoms with Crippen LogP contribution in [0.25, 0.3) is 11.0 Å². The number of fused-ring (bicyclic) bond motifs is 1. The van der Waals surface area contributed by atoms with Gasteiger partial charge < -0.3 is 9.52 Å². The van der Waals surface area contributed by atoms with Crippen molar-refractivity contribution in [2.45, 2.75) is 26.9 Å². The minimum atomic E-state index is -0.763. The summed E-state index contributed by atoms with van der Waals surface area (Å²) in [6, 6.07) is 4.52. The van der Waals surface area contributed by atoms with Gasteiger partial charge in [-0.05, 0) is 39.5 Å². The lowest BCUT2D eigenvalue weighted by atomic mass is 9.88. The Bertz CT molecular complexity index is 515. The van der Waals surface area contributed by atoms with Crippen LogP contribution in [-0.4, -0.2) is 5.11 Å². The molecule has 92 valence electrons. The van der Waals surface area contributed by atoms with Gasteiger partial charge in [0.05, 0.1) is 9.86 Å². The number of halogens is 2. The lowest BCUT2D eigenvalue weighted by Gasteiger charge is -2.23. The minimum Gasteiger partial charge on any atom is -0.457 e. The van der Waals surface area contributed by atoms with Gasteiger partial charge in [0.1, 0.15) is 17.7 Å². The summed E-state index contributed by atoms with van der Waals surface area (Å²) in [7, 11) is 0. The van der Waals surface area contributed by atoms with E-state index in [0.29, 0.717) is 21.2 Å². The first kappa shape index (κ1) is 12.6. The van der Waals surface area contributed by atoms with Crippen LogP contribution in [0.1, 0.15) is 32.6 Å². The van der Waals surface area contributed by atoms with Gasteiger partial charge in [0.2, 0.25) is 0 Å². The third-order valence-corrected chi connectivity index (χ3v) is 3.32. The molecule has 0 spiro atoms. The molecule has 2 rings (SSSR count). The van der Waals surface area contributed by atoms with E-state index in [0.717, 1.165) is 0 Å². The van der Waals surface area contributed by atoms with Crippen molar-refractivity contribution in [2.75, 3.05) is 0 Å². The first-order chi connectivity index (χ1) is 7.80. The molecule has 1 aromatic carbocycles. The maximum absolute atomic E-state index is 13.6. The van der Waals surface area contributed by atoms with Crippen molar-refractivity contribution in [1.82, 2.24) is 0 Å². The molecule has 1 N–H and O–H groups in total. The molecule has 0 saturated carbocycles. The van der Waals surface area contributed by atoms with E-state index in [9.17, 15) is 9.50 Å². The van der Waals surface area contributed by atoms with Gasteiger partial charge >= 0.3 is 0 Å². The number of hydrogen-bond donors (Lipinski definition) is 1. The number of aliphatic hydroxyl groups is 1. The predicted octanol–water partition coefficient (Wildman–Crippen LogP) is 4.41. The molecular formula is C13H14BrFO2. The van der Waals surface area contributed by atoms with E-state index in [1.54, 1.807) is 12.1 Å². The Labute approximate surface area is 108 Å². The van der Waals surface area contributed by atoms with Crippen LogP contribution >= 0.6 is 15.9 Å². The van der Waals surface area contributed by atoms with Gasteiger partial charge in [-0.15, -0.1) is 0 Å². The van der Waals surface area contributed by atoms with Crippen molar-refractivity contribution >= 4 is 26.9 Å². The third-order valence-electron chi connectivity index (χ3n) is 2.69. The average Bonchev–Trinajstić information content (AvgIpc) is 2.67. The summed E-state index contributed by atoms with van der Waals surface area (Å²) in [5.74, 6) is 0.0395. The van der Waals surface area contributed by atoms with E-state index in [1.165, 1.54) is 6.07 Å². The van der Waals surface area contributed by atoms with Crippen LogP contribution in [0.2, 0.25) is 0 Å². The number of benzene rings is 1. The Morgan fingerprint density at radius 1 is 1.35 bits per heavy atom. The van der Waals surface area contributed by atoms with Gasteiger partial charge in [-0.3, -0.25) is 0 Å². The van der Waals surface area contributed by atoms with Crippen molar-refractivity contribution in [3.05, 3.63) is 34.2 Å². The van der Waals surface area contributed by atoms with Gasteiger partial charge in [-0.2, -0.15) is 0 Å². The molecule has 0 fully saturated rings. The summed E-state index contributed by atoms with van der Waals surface area (Å²) in [5.41, 5.74) is 0.0832. The van der Waals surface area contributed by atoms with Crippen molar-refractivity contribution in [3.8, 4) is 0 Å². The molecule has 0 amide bonds. The fourth-order valence-electron chi connectivity index (χ4n) is 1.64. The van der Waals surface area contributed by atoms with Crippen LogP contribution in [0, 0.1) is 11.2 Å². The fourth-order valence-corrected chi connectivity index (χ4v) is 2.06. The van der Waals surface area contributed by atoms with E-state index < -0.39 is 6.10 Å². The number of aliphatic hydroxyl groups excluding tert-OH is 1. The van der Waals surface area contributed by atoms with Crippen LogP contribution in [0.15, 0.2) is 27.1 Å². The molecule has 0 radical (unpaired) electrons. The zero-order chi connectivity index (χ0) is 12.8. The van der Waals surface area contributed by atoms with Crippen LogP contribution in [0.4, 0.5) is 4.39 Å². The highest BCUT2D eigenvalue weighted by molar-refractivity contribution is 9.10. The SMILES string of the molecule is CC(C)(C)C(O)c1cc2c(F)ccc(Br)c2o1. The molecule has 1 heterocycles. The largest absolute Gasteiger partial charge is 0.457 e. The maximum Gasteiger partial charge on any atom is 0.151 e. The Kier molecular flexibility index (Phi) is 3.04. The molecule has 0 aliphatic heterocycles. The molecule has 0 aliphatic rings. The first-order valence-electron chi connectivity index (χ1n) is 5.36. The smallest absolute Gasteiger partial charge is 0.151 e. The number of furan rings is 1. The van der Waals surface area contributed by atoms with Gasteiger partial charge in [-0.25, -0.2) is 4.39 Å². The Morgan fingerprint density at radius 3 is 2.53 bits per heavy atom. The van der Waals surface area contributed by atoms with E-state index in [1.807, 2.05) is 20.8 Å². The number of rotatable bonds is 1. The summed E-state index contributed by atoms with van der Waals surface area (Å²) in [5, 5.41) is 10.5. The molecule has 17 heavy (non-hydrogen) atoms. The van der Waals surface area contributed by atoms with Gasteiger partial charge in [0.25, 0.3) is 0 Å². The van der Waals surface area contributed by atoms with E-state index in [4.69, 9.17) is 4.42 Å². The highest BCUT2D eigenvalue weighted by atomic mass is 79.9. The fraction of sp³-hybridized carbons (Fsp3) is 0.385. The normalized spacial score (nSPS) is 14.2. The molecule has 1 unspecified atom stereocenters. The molecule has 2 aromatic rings. The number of hydrogen-bond acceptors (Lipinski definition) is 2. The Hall–Kier alpha value is -0.870. The highest BCUT2D eigenvalue weighted by Gasteiger charge is 2.27. The van der Waals surface area contributed by atoms with Crippen LogP contribution in [-0.2, 0) is 0 Å². The van der Waals surface area contributed by atoms with Gasteiger partial charge in [0, 0.05) is 0 Å². The predicted molar refractivity (Wildman–Crippen MR) is 68.3 cm³/mol. The summed E-state index contributed by atoms with van der Waals surface area (Å²) < 4.78 is 19.8. The molecule has 4 heteroatoms. The van der Waals surface area contributed by atoms with Crippen molar-refractivity contribution in [2.24, 2.45) is 5.41 Å². The highest BCUT2D eigenvalue weighted by Crippen LogP contribution is 2.37. The minimum absolute atomic E-state index is 0.348. The zero-order valence-corrected chi connectivity index (χ0v) is 11.5. The molecule has 0 saturated heterocycles. The standard InChI is InChI=1S/C13H14BrFO2/c1-13(2,3)12(16)10-6-7-9(15)5-4-8(14)11(7)17-10/h4-6,12,16H,1-3H3. The van der Waals surface area contributed by atoms with Crippen LogP contribution < -0.4 is 0 Å². The summed E-state index contributed by atoms with van der Waals surface area (Å²) in [4.78, 5) is 0. The van der Waals surface area contributed by atoms with E-state index in [2.05, 4.69) is 15.9 Å². The topological polar surface area (TPSA) is 33.4 Å². The molecule has 2 nitrogen and oxygen atoms in total. The lowest BCUT2D eigenvalue weighted by Crippen LogP contribution is -2.17. The van der Waals surface area contributed by atoms with Gasteiger partial charge in [0.15, 0.2) is 5.58 Å². The summed E-state index contributed by atoms with van der Waals surface area (Å²) in [6.45, 7) is 5.70. The quantitative estimate of drug-likeness (QED) is 0.846. The third kappa shape index (κ3) is 2.24. The van der Waals surface area contributed by atoms with Gasteiger partial charge in [-0.1, -0.05) is 20.8 Å². The zero-order valence-electron chi connectivity index (χ0n) is 9.92. The summed E-state index contributed by atoms with van der Waals surface area (Å²) in [6.07, 6.45) is -0.763. The van der Waals surface area contributed by atoms with Crippen molar-refractivity contribution in [3.63, 3.8) is 0 Å². The monoisotopic (exact) mass is 300 g/mol. The van der Waals surface area contributed by atoms with E-state index >= 15 is 0 Å². The first-order valence-corrected chi connectivity index (χ1v) is 6.15. The molecule has 0 aliphatic carbocycles. The van der Waals surface area contributed by atoms with Crippen molar-refractivity contribution < 1.29 is 13.9 Å². The Morgan fingerprint density at radius 2 is 2.00 bits per heavy atom. The second-order valence-electron chi connectivity index (χ2n) is 5.19. The molecule has 1 atom stereocenters.